The third kappa shape index (κ3) is 5.66. The Morgan fingerprint density at radius 2 is 1.79 bits per heavy atom. The highest BCUT2D eigenvalue weighted by Gasteiger charge is 2.18. The molecule has 28 heavy (non-hydrogen) atoms. The van der Waals surface area contributed by atoms with E-state index in [1.165, 1.54) is 11.8 Å². The minimum atomic E-state index is -0.370. The third-order valence-corrected chi connectivity index (χ3v) is 5.10. The molecule has 0 radical (unpaired) electrons. The van der Waals surface area contributed by atoms with Crippen LogP contribution < -0.4 is 20.1 Å². The highest BCUT2D eigenvalue weighted by molar-refractivity contribution is 8.00. The van der Waals surface area contributed by atoms with Crippen molar-refractivity contribution in [1.29, 1.82) is 0 Å². The fraction of sp³-hybridized carbons (Fsp3) is 0.333. The summed E-state index contributed by atoms with van der Waals surface area (Å²) in [5.74, 6) is 0.863. The Morgan fingerprint density at radius 1 is 1.07 bits per heavy atom. The maximum Gasteiger partial charge on any atom is 0.253 e. The van der Waals surface area contributed by atoms with E-state index >= 15 is 0 Å². The summed E-state index contributed by atoms with van der Waals surface area (Å²) in [5, 5.41) is 5.33. The Kier molecular flexibility index (Phi) is 8.19. The molecule has 0 saturated carbocycles. The molecule has 0 bridgehead atoms. The van der Waals surface area contributed by atoms with Gasteiger partial charge in [-0.2, -0.15) is 0 Å². The van der Waals surface area contributed by atoms with E-state index in [1.54, 1.807) is 44.6 Å². The van der Waals surface area contributed by atoms with Crippen molar-refractivity contribution in [2.45, 2.75) is 30.4 Å². The summed E-state index contributed by atoms with van der Waals surface area (Å²) < 4.78 is 10.5. The van der Waals surface area contributed by atoms with Crippen LogP contribution in [0.25, 0.3) is 0 Å². The van der Waals surface area contributed by atoms with Gasteiger partial charge in [0, 0.05) is 11.4 Å². The molecular weight excluding hydrogens is 376 g/mol. The topological polar surface area (TPSA) is 76.7 Å². The zero-order valence-corrected chi connectivity index (χ0v) is 17.4. The molecule has 0 fully saturated rings. The van der Waals surface area contributed by atoms with Gasteiger partial charge in [0.15, 0.2) is 11.5 Å². The normalized spacial score (nSPS) is 11.4. The summed E-state index contributed by atoms with van der Waals surface area (Å²) in [7, 11) is 3.15. The van der Waals surface area contributed by atoms with Crippen molar-refractivity contribution >= 4 is 29.3 Å². The van der Waals surface area contributed by atoms with Crippen LogP contribution in [0, 0.1) is 0 Å². The van der Waals surface area contributed by atoms with Crippen molar-refractivity contribution in [2.75, 3.05) is 26.1 Å². The molecule has 150 valence electrons. The number of carbonyl (C=O) groups excluding carboxylic acids is 2. The van der Waals surface area contributed by atoms with Gasteiger partial charge in [-0.1, -0.05) is 19.1 Å². The number of hydrogen-bond acceptors (Lipinski definition) is 5. The van der Waals surface area contributed by atoms with Gasteiger partial charge in [0.25, 0.3) is 5.91 Å². The number of ether oxygens (including phenoxy) is 2. The molecule has 0 heterocycles. The van der Waals surface area contributed by atoms with Crippen LogP contribution in [0.5, 0.6) is 11.5 Å². The van der Waals surface area contributed by atoms with Crippen molar-refractivity contribution in [3.63, 3.8) is 0 Å². The minimum Gasteiger partial charge on any atom is -0.493 e. The third-order valence-electron chi connectivity index (χ3n) is 4.00. The second kappa shape index (κ2) is 10.6. The molecule has 2 N–H and O–H groups in total. The van der Waals surface area contributed by atoms with Crippen LogP contribution in [0.3, 0.4) is 0 Å². The molecule has 1 atom stereocenters. The lowest BCUT2D eigenvalue weighted by atomic mass is 10.1. The number of carbonyl (C=O) groups is 2. The van der Waals surface area contributed by atoms with E-state index in [9.17, 15) is 9.59 Å². The van der Waals surface area contributed by atoms with E-state index in [0.717, 1.165) is 11.3 Å². The number of hydrogen-bond donors (Lipinski definition) is 2. The fourth-order valence-electron chi connectivity index (χ4n) is 2.51. The zero-order valence-electron chi connectivity index (χ0n) is 16.6. The number of para-hydroxylation sites is 1. The van der Waals surface area contributed by atoms with Crippen molar-refractivity contribution in [1.82, 2.24) is 5.32 Å². The largest absolute Gasteiger partial charge is 0.493 e. The van der Waals surface area contributed by atoms with E-state index in [2.05, 4.69) is 10.6 Å². The maximum atomic E-state index is 12.7. The standard InChI is InChI=1S/C21H26N2O4S/c1-5-12-22-21(25)16-8-6-7-9-17(16)23-20(24)14(2)28-15-10-11-18(26-3)19(13-15)27-4/h6-11,13-14H,5,12H2,1-4H3,(H,22,25)(H,23,24). The van der Waals surface area contributed by atoms with Crippen LogP contribution in [-0.2, 0) is 4.79 Å². The van der Waals surface area contributed by atoms with Gasteiger partial charge in [0.1, 0.15) is 0 Å². The number of thioether (sulfide) groups is 1. The first-order valence-electron chi connectivity index (χ1n) is 9.06. The second-order valence-corrected chi connectivity index (χ2v) is 7.48. The van der Waals surface area contributed by atoms with Gasteiger partial charge in [-0.3, -0.25) is 9.59 Å². The predicted octanol–water partition coefficient (Wildman–Crippen LogP) is 3.96. The Bertz CT molecular complexity index is 826. The average molecular weight is 403 g/mol. The highest BCUT2D eigenvalue weighted by Crippen LogP contribution is 2.33. The lowest BCUT2D eigenvalue weighted by Crippen LogP contribution is -2.27. The van der Waals surface area contributed by atoms with Crippen molar-refractivity contribution in [3.05, 3.63) is 48.0 Å². The molecule has 0 aromatic heterocycles. The van der Waals surface area contributed by atoms with E-state index in [0.29, 0.717) is 29.3 Å². The quantitative estimate of drug-likeness (QED) is 0.621. The number of amides is 2. The summed E-state index contributed by atoms with van der Waals surface area (Å²) in [6.45, 7) is 4.39. The summed E-state index contributed by atoms with van der Waals surface area (Å²) in [5.41, 5.74) is 0.952. The molecular formula is C21H26N2O4S. The molecule has 2 rings (SSSR count). The van der Waals surface area contributed by atoms with Crippen LogP contribution in [0.15, 0.2) is 47.4 Å². The number of rotatable bonds is 9. The molecule has 0 saturated heterocycles. The Balaban J connectivity index is 2.08. The molecule has 0 aliphatic heterocycles. The number of methoxy groups -OCH3 is 2. The van der Waals surface area contributed by atoms with Crippen molar-refractivity contribution in [2.24, 2.45) is 0 Å². The van der Waals surface area contributed by atoms with Crippen LogP contribution >= 0.6 is 11.8 Å². The van der Waals surface area contributed by atoms with Gasteiger partial charge in [-0.15, -0.1) is 11.8 Å². The number of benzene rings is 2. The van der Waals surface area contributed by atoms with Gasteiger partial charge < -0.3 is 20.1 Å². The Hall–Kier alpha value is -2.67. The second-order valence-electron chi connectivity index (χ2n) is 6.07. The molecule has 0 aliphatic rings. The SMILES string of the molecule is CCCNC(=O)c1ccccc1NC(=O)C(C)Sc1ccc(OC)c(OC)c1. The molecule has 6 nitrogen and oxygen atoms in total. The van der Waals surface area contributed by atoms with Crippen molar-refractivity contribution in [3.8, 4) is 11.5 Å². The van der Waals surface area contributed by atoms with Gasteiger partial charge in [-0.25, -0.2) is 0 Å². The number of anilines is 1. The maximum absolute atomic E-state index is 12.7. The Morgan fingerprint density at radius 3 is 2.46 bits per heavy atom. The molecule has 2 amide bonds. The minimum absolute atomic E-state index is 0.185. The first-order chi connectivity index (χ1) is 13.5. The summed E-state index contributed by atoms with van der Waals surface area (Å²) in [6.07, 6.45) is 0.846. The number of nitrogens with one attached hydrogen (secondary N) is 2. The van der Waals surface area contributed by atoms with Gasteiger partial charge in [0.2, 0.25) is 5.91 Å². The van der Waals surface area contributed by atoms with E-state index in [1.807, 2.05) is 26.0 Å². The van der Waals surface area contributed by atoms with Crippen LogP contribution in [0.2, 0.25) is 0 Å². The molecule has 0 aliphatic carbocycles. The molecule has 7 heteroatoms. The molecule has 2 aromatic carbocycles. The molecule has 2 aromatic rings. The van der Waals surface area contributed by atoms with E-state index in [4.69, 9.17) is 9.47 Å². The summed E-state index contributed by atoms with van der Waals surface area (Å²) in [6, 6.07) is 12.5. The monoisotopic (exact) mass is 402 g/mol. The smallest absolute Gasteiger partial charge is 0.253 e. The first-order valence-corrected chi connectivity index (χ1v) is 9.94. The van der Waals surface area contributed by atoms with Gasteiger partial charge >= 0.3 is 0 Å². The zero-order chi connectivity index (χ0) is 20.5. The first kappa shape index (κ1) is 21.6. The van der Waals surface area contributed by atoms with Gasteiger partial charge in [-0.05, 0) is 43.7 Å². The van der Waals surface area contributed by atoms with E-state index in [-0.39, 0.29) is 17.1 Å². The Labute approximate surface area is 170 Å². The van der Waals surface area contributed by atoms with Crippen LogP contribution in [-0.4, -0.2) is 37.8 Å². The lowest BCUT2D eigenvalue weighted by Gasteiger charge is -2.15. The lowest BCUT2D eigenvalue weighted by molar-refractivity contribution is -0.115. The van der Waals surface area contributed by atoms with Crippen LogP contribution in [0.1, 0.15) is 30.6 Å². The average Bonchev–Trinajstić information content (AvgIpc) is 2.72. The fourth-order valence-corrected chi connectivity index (χ4v) is 3.40. The van der Waals surface area contributed by atoms with E-state index < -0.39 is 0 Å². The molecule has 0 spiro atoms. The van der Waals surface area contributed by atoms with Gasteiger partial charge in [0.05, 0.1) is 30.7 Å². The highest BCUT2D eigenvalue weighted by atomic mass is 32.2. The van der Waals surface area contributed by atoms with Crippen molar-refractivity contribution < 1.29 is 19.1 Å². The molecule has 1 unspecified atom stereocenters. The van der Waals surface area contributed by atoms with Crippen LogP contribution in [0.4, 0.5) is 5.69 Å². The summed E-state index contributed by atoms with van der Waals surface area (Å²) >= 11 is 1.40. The summed E-state index contributed by atoms with van der Waals surface area (Å²) in [4.78, 5) is 25.9. The predicted molar refractivity (Wildman–Crippen MR) is 113 cm³/mol.